The first-order valence-electron chi connectivity index (χ1n) is 5.24. The molecule has 0 heterocycles. The van der Waals surface area contributed by atoms with E-state index in [1.807, 2.05) is 25.5 Å². The number of rotatable bonds is 3. The van der Waals surface area contributed by atoms with Crippen molar-refractivity contribution in [3.05, 3.63) is 29.8 Å². The summed E-state index contributed by atoms with van der Waals surface area (Å²) >= 11 is 3.52. The second kappa shape index (κ2) is 4.07. The Balaban J connectivity index is 2.25. The SMILES string of the molecule is CP(C)(=O)c1cccc(C2CC2CBr)c1. The Morgan fingerprint density at radius 2 is 2.20 bits per heavy atom. The Bertz CT molecular complexity index is 410. The van der Waals surface area contributed by atoms with Gasteiger partial charge in [-0.1, -0.05) is 34.1 Å². The summed E-state index contributed by atoms with van der Waals surface area (Å²) in [6.07, 6.45) is 1.27. The van der Waals surface area contributed by atoms with E-state index in [2.05, 4.69) is 28.1 Å². The lowest BCUT2D eigenvalue weighted by molar-refractivity contribution is 0.588. The van der Waals surface area contributed by atoms with E-state index in [1.54, 1.807) is 0 Å². The van der Waals surface area contributed by atoms with Crippen LogP contribution in [0.3, 0.4) is 0 Å². The zero-order valence-corrected chi connectivity index (χ0v) is 11.6. The number of hydrogen-bond donors (Lipinski definition) is 0. The molecule has 1 aliphatic rings. The molecule has 82 valence electrons. The lowest BCUT2D eigenvalue weighted by Crippen LogP contribution is -2.03. The Labute approximate surface area is 99.8 Å². The van der Waals surface area contributed by atoms with Crippen molar-refractivity contribution in [3.8, 4) is 0 Å². The summed E-state index contributed by atoms with van der Waals surface area (Å²) in [5.74, 6) is 1.48. The third kappa shape index (κ3) is 2.54. The maximum Gasteiger partial charge on any atom is 0.109 e. The van der Waals surface area contributed by atoms with Gasteiger partial charge in [0, 0.05) is 10.6 Å². The molecule has 2 rings (SSSR count). The highest BCUT2D eigenvalue weighted by Crippen LogP contribution is 2.48. The monoisotopic (exact) mass is 286 g/mol. The number of alkyl halides is 1. The third-order valence-electron chi connectivity index (χ3n) is 3.04. The largest absolute Gasteiger partial charge is 0.319 e. The van der Waals surface area contributed by atoms with Crippen LogP contribution >= 0.6 is 23.1 Å². The van der Waals surface area contributed by atoms with E-state index in [9.17, 15) is 4.57 Å². The van der Waals surface area contributed by atoms with Gasteiger partial charge in [0.1, 0.15) is 7.14 Å². The highest BCUT2D eigenvalue weighted by molar-refractivity contribution is 9.09. The fourth-order valence-electron chi connectivity index (χ4n) is 1.92. The molecule has 15 heavy (non-hydrogen) atoms. The Morgan fingerprint density at radius 3 is 2.73 bits per heavy atom. The van der Waals surface area contributed by atoms with Crippen LogP contribution in [0.4, 0.5) is 0 Å². The van der Waals surface area contributed by atoms with Crippen LogP contribution in [0.1, 0.15) is 17.9 Å². The van der Waals surface area contributed by atoms with Crippen molar-refractivity contribution in [1.29, 1.82) is 0 Å². The summed E-state index contributed by atoms with van der Waals surface area (Å²) in [7, 11) is -2.10. The first-order valence-corrected chi connectivity index (χ1v) is 8.96. The molecule has 0 amide bonds. The highest BCUT2D eigenvalue weighted by Gasteiger charge is 2.37. The normalized spacial score (nSPS) is 25.3. The molecule has 1 fully saturated rings. The van der Waals surface area contributed by atoms with Crippen molar-refractivity contribution in [2.24, 2.45) is 5.92 Å². The minimum Gasteiger partial charge on any atom is -0.319 e. The molecule has 1 aromatic rings. The van der Waals surface area contributed by atoms with Gasteiger partial charge in [-0.05, 0) is 43.2 Å². The zero-order valence-electron chi connectivity index (χ0n) is 9.11. The van der Waals surface area contributed by atoms with E-state index in [4.69, 9.17) is 0 Å². The Kier molecular flexibility index (Phi) is 3.10. The summed E-state index contributed by atoms with van der Waals surface area (Å²) < 4.78 is 12.0. The molecule has 0 bridgehead atoms. The highest BCUT2D eigenvalue weighted by atomic mass is 79.9. The van der Waals surface area contributed by atoms with Crippen LogP contribution < -0.4 is 5.30 Å². The molecule has 1 saturated carbocycles. The number of hydrogen-bond acceptors (Lipinski definition) is 1. The summed E-state index contributed by atoms with van der Waals surface area (Å²) in [6, 6.07) is 8.31. The van der Waals surface area contributed by atoms with Crippen LogP contribution in [-0.2, 0) is 4.57 Å². The average Bonchev–Trinajstić information content (AvgIpc) is 2.95. The standard InChI is InChI=1S/C12H16BrOP/c1-15(2,14)11-5-3-4-9(6-11)12-7-10(12)8-13/h3-6,10,12H,7-8H2,1-2H3. The van der Waals surface area contributed by atoms with Gasteiger partial charge in [0.25, 0.3) is 0 Å². The minimum absolute atomic E-state index is 0.691. The quantitative estimate of drug-likeness (QED) is 0.615. The van der Waals surface area contributed by atoms with E-state index in [0.717, 1.165) is 16.6 Å². The lowest BCUT2D eigenvalue weighted by Gasteiger charge is -2.08. The van der Waals surface area contributed by atoms with Gasteiger partial charge in [-0.25, -0.2) is 0 Å². The molecule has 3 heteroatoms. The van der Waals surface area contributed by atoms with Crippen molar-refractivity contribution < 1.29 is 4.57 Å². The minimum atomic E-state index is -2.10. The second-order valence-corrected chi connectivity index (χ2v) is 8.57. The van der Waals surface area contributed by atoms with Gasteiger partial charge in [0.2, 0.25) is 0 Å². The van der Waals surface area contributed by atoms with Crippen molar-refractivity contribution in [2.75, 3.05) is 18.7 Å². The van der Waals surface area contributed by atoms with Gasteiger partial charge in [0.05, 0.1) is 0 Å². The van der Waals surface area contributed by atoms with Crippen LogP contribution in [0.25, 0.3) is 0 Å². The fourth-order valence-corrected chi connectivity index (χ4v) is 3.54. The lowest BCUT2D eigenvalue weighted by atomic mass is 10.1. The molecule has 0 saturated heterocycles. The molecule has 1 aliphatic carbocycles. The molecule has 0 aliphatic heterocycles. The van der Waals surface area contributed by atoms with Crippen LogP contribution in [0.2, 0.25) is 0 Å². The van der Waals surface area contributed by atoms with E-state index < -0.39 is 7.14 Å². The molecule has 2 unspecified atom stereocenters. The van der Waals surface area contributed by atoms with E-state index in [1.165, 1.54) is 12.0 Å². The average molecular weight is 287 g/mol. The van der Waals surface area contributed by atoms with Crippen molar-refractivity contribution in [1.82, 2.24) is 0 Å². The van der Waals surface area contributed by atoms with Crippen LogP contribution in [-0.4, -0.2) is 18.7 Å². The van der Waals surface area contributed by atoms with Gasteiger partial charge in [-0.15, -0.1) is 0 Å². The maximum absolute atomic E-state index is 12.0. The molecule has 0 aromatic heterocycles. The van der Waals surface area contributed by atoms with E-state index in [0.29, 0.717) is 5.92 Å². The molecule has 1 aromatic carbocycles. The first-order chi connectivity index (χ1) is 7.02. The van der Waals surface area contributed by atoms with Gasteiger partial charge >= 0.3 is 0 Å². The fraction of sp³-hybridized carbons (Fsp3) is 0.500. The van der Waals surface area contributed by atoms with Crippen molar-refractivity contribution in [2.45, 2.75) is 12.3 Å². The molecular weight excluding hydrogens is 271 g/mol. The Hall–Kier alpha value is -0.0700. The van der Waals surface area contributed by atoms with E-state index >= 15 is 0 Å². The van der Waals surface area contributed by atoms with Crippen molar-refractivity contribution in [3.63, 3.8) is 0 Å². The number of halogens is 1. The smallest absolute Gasteiger partial charge is 0.109 e. The maximum atomic E-state index is 12.0. The number of benzene rings is 1. The van der Waals surface area contributed by atoms with Crippen LogP contribution in [0, 0.1) is 5.92 Å². The molecule has 0 radical (unpaired) electrons. The zero-order chi connectivity index (χ0) is 11.1. The summed E-state index contributed by atoms with van der Waals surface area (Å²) in [5, 5.41) is 2.10. The molecule has 1 nitrogen and oxygen atoms in total. The summed E-state index contributed by atoms with van der Waals surface area (Å²) in [5.41, 5.74) is 1.36. The first kappa shape index (κ1) is 11.4. The predicted octanol–water partition coefficient (Wildman–Crippen LogP) is 3.43. The second-order valence-electron chi connectivity index (χ2n) is 4.70. The predicted molar refractivity (Wildman–Crippen MR) is 70.2 cm³/mol. The van der Waals surface area contributed by atoms with Gasteiger partial charge in [-0.3, -0.25) is 0 Å². The van der Waals surface area contributed by atoms with Crippen LogP contribution in [0.5, 0.6) is 0 Å². The van der Waals surface area contributed by atoms with Gasteiger partial charge in [-0.2, -0.15) is 0 Å². The Morgan fingerprint density at radius 1 is 1.47 bits per heavy atom. The molecule has 2 atom stereocenters. The summed E-state index contributed by atoms with van der Waals surface area (Å²) in [4.78, 5) is 0. The topological polar surface area (TPSA) is 17.1 Å². The van der Waals surface area contributed by atoms with Crippen LogP contribution in [0.15, 0.2) is 24.3 Å². The molecule has 0 spiro atoms. The third-order valence-corrected chi connectivity index (χ3v) is 5.39. The van der Waals surface area contributed by atoms with Gasteiger partial charge in [0.15, 0.2) is 0 Å². The summed E-state index contributed by atoms with van der Waals surface area (Å²) in [6.45, 7) is 3.67. The molecular formula is C12H16BrOP. The van der Waals surface area contributed by atoms with Crippen molar-refractivity contribution >= 4 is 28.4 Å². The molecule has 0 N–H and O–H groups in total. The van der Waals surface area contributed by atoms with E-state index in [-0.39, 0.29) is 0 Å². The van der Waals surface area contributed by atoms with Gasteiger partial charge < -0.3 is 4.57 Å².